The standard InChI is InChI=1S/C17H29N3O/c1-11(2)7-14(10-20(5)6)19-17(21)15-9-16(18)13(4)8-12(15)3/h8-9,11,14H,7,10,18H2,1-6H3,(H,19,21). The molecule has 1 rings (SSSR count). The Kier molecular flexibility index (Phi) is 6.21. The lowest BCUT2D eigenvalue weighted by Crippen LogP contribution is -2.42. The molecule has 0 aliphatic rings. The fourth-order valence-electron chi connectivity index (χ4n) is 2.57. The van der Waals surface area contributed by atoms with Crippen LogP contribution in [-0.4, -0.2) is 37.5 Å². The van der Waals surface area contributed by atoms with Gasteiger partial charge in [0.1, 0.15) is 0 Å². The van der Waals surface area contributed by atoms with Crippen molar-refractivity contribution in [3.8, 4) is 0 Å². The van der Waals surface area contributed by atoms with E-state index in [-0.39, 0.29) is 11.9 Å². The molecule has 1 atom stereocenters. The molecule has 0 saturated carbocycles. The number of nitrogens with one attached hydrogen (secondary N) is 1. The second-order valence-corrected chi connectivity index (χ2v) is 6.59. The summed E-state index contributed by atoms with van der Waals surface area (Å²) in [7, 11) is 4.04. The zero-order chi connectivity index (χ0) is 16.2. The summed E-state index contributed by atoms with van der Waals surface area (Å²) in [4.78, 5) is 14.6. The quantitative estimate of drug-likeness (QED) is 0.792. The number of carbonyl (C=O) groups excluding carboxylic acids is 1. The maximum Gasteiger partial charge on any atom is 0.251 e. The first-order valence-corrected chi connectivity index (χ1v) is 7.53. The maximum absolute atomic E-state index is 12.5. The van der Waals surface area contributed by atoms with Gasteiger partial charge in [0, 0.05) is 23.8 Å². The summed E-state index contributed by atoms with van der Waals surface area (Å²) in [5.74, 6) is 0.506. The van der Waals surface area contributed by atoms with Gasteiger partial charge in [0.2, 0.25) is 0 Å². The van der Waals surface area contributed by atoms with Crippen molar-refractivity contribution in [2.45, 2.75) is 40.2 Å². The first-order chi connectivity index (χ1) is 9.70. The van der Waals surface area contributed by atoms with Crippen LogP contribution < -0.4 is 11.1 Å². The summed E-state index contributed by atoms with van der Waals surface area (Å²) in [5.41, 5.74) is 9.24. The SMILES string of the molecule is Cc1cc(C)c(C(=O)NC(CC(C)C)CN(C)C)cc1N. The molecule has 4 nitrogen and oxygen atoms in total. The summed E-state index contributed by atoms with van der Waals surface area (Å²) >= 11 is 0. The van der Waals surface area contributed by atoms with Gasteiger partial charge in [-0.1, -0.05) is 19.9 Å². The molecular formula is C17H29N3O. The molecule has 0 saturated heterocycles. The van der Waals surface area contributed by atoms with Crippen LogP contribution in [0.1, 0.15) is 41.8 Å². The lowest BCUT2D eigenvalue weighted by Gasteiger charge is -2.24. The highest BCUT2D eigenvalue weighted by Crippen LogP contribution is 2.18. The number of carbonyl (C=O) groups is 1. The third-order valence-corrected chi connectivity index (χ3v) is 3.53. The van der Waals surface area contributed by atoms with Gasteiger partial charge in [-0.15, -0.1) is 0 Å². The van der Waals surface area contributed by atoms with Crippen LogP contribution in [-0.2, 0) is 0 Å². The number of rotatable bonds is 6. The zero-order valence-corrected chi connectivity index (χ0v) is 14.2. The molecule has 0 fully saturated rings. The van der Waals surface area contributed by atoms with Crippen molar-refractivity contribution in [3.05, 3.63) is 28.8 Å². The molecule has 0 aromatic heterocycles. The van der Waals surface area contributed by atoms with Gasteiger partial charge in [0.15, 0.2) is 0 Å². The molecule has 0 spiro atoms. The number of likely N-dealkylation sites (N-methyl/N-ethyl adjacent to an activating group) is 1. The van der Waals surface area contributed by atoms with Crippen LogP contribution in [0.3, 0.4) is 0 Å². The Labute approximate surface area is 128 Å². The number of hydrogen-bond donors (Lipinski definition) is 2. The second kappa shape index (κ2) is 7.46. The van der Waals surface area contributed by atoms with E-state index in [0.29, 0.717) is 17.2 Å². The monoisotopic (exact) mass is 291 g/mol. The molecule has 1 aromatic carbocycles. The molecule has 0 bridgehead atoms. The van der Waals surface area contributed by atoms with Crippen molar-refractivity contribution in [1.82, 2.24) is 10.2 Å². The normalized spacial score (nSPS) is 12.8. The van der Waals surface area contributed by atoms with E-state index in [0.717, 1.165) is 24.1 Å². The molecule has 118 valence electrons. The number of anilines is 1. The van der Waals surface area contributed by atoms with Crippen LogP contribution in [0.2, 0.25) is 0 Å². The summed E-state index contributed by atoms with van der Waals surface area (Å²) in [6.45, 7) is 9.08. The Morgan fingerprint density at radius 2 is 1.86 bits per heavy atom. The van der Waals surface area contributed by atoms with Crippen molar-refractivity contribution in [2.24, 2.45) is 5.92 Å². The van der Waals surface area contributed by atoms with E-state index in [9.17, 15) is 4.79 Å². The van der Waals surface area contributed by atoms with Crippen molar-refractivity contribution in [2.75, 3.05) is 26.4 Å². The summed E-state index contributed by atoms with van der Waals surface area (Å²) in [6.07, 6.45) is 0.963. The second-order valence-electron chi connectivity index (χ2n) is 6.59. The third-order valence-electron chi connectivity index (χ3n) is 3.53. The smallest absolute Gasteiger partial charge is 0.251 e. The van der Waals surface area contributed by atoms with Crippen LogP contribution in [0.15, 0.2) is 12.1 Å². The minimum absolute atomic E-state index is 0.0355. The summed E-state index contributed by atoms with van der Waals surface area (Å²) in [5, 5.41) is 3.15. The molecule has 4 heteroatoms. The Hall–Kier alpha value is -1.55. The van der Waals surface area contributed by atoms with Crippen molar-refractivity contribution < 1.29 is 4.79 Å². The van der Waals surface area contributed by atoms with E-state index in [2.05, 4.69) is 24.1 Å². The Morgan fingerprint density at radius 3 is 2.38 bits per heavy atom. The zero-order valence-electron chi connectivity index (χ0n) is 14.2. The largest absolute Gasteiger partial charge is 0.398 e. The van der Waals surface area contributed by atoms with Gasteiger partial charge in [0.25, 0.3) is 5.91 Å². The lowest BCUT2D eigenvalue weighted by molar-refractivity contribution is 0.0924. The fourth-order valence-corrected chi connectivity index (χ4v) is 2.57. The van der Waals surface area contributed by atoms with Gasteiger partial charge in [-0.05, 0) is 57.5 Å². The lowest BCUT2D eigenvalue weighted by atomic mass is 10.0. The van der Waals surface area contributed by atoms with Crippen molar-refractivity contribution in [3.63, 3.8) is 0 Å². The number of hydrogen-bond acceptors (Lipinski definition) is 3. The fraction of sp³-hybridized carbons (Fsp3) is 0.588. The average molecular weight is 291 g/mol. The van der Waals surface area contributed by atoms with Crippen LogP contribution in [0.5, 0.6) is 0 Å². The third kappa shape index (κ3) is 5.38. The number of aryl methyl sites for hydroxylation is 2. The molecule has 1 amide bonds. The predicted octanol–water partition coefficient (Wildman–Crippen LogP) is 2.59. The number of nitrogens with zero attached hydrogens (tertiary/aromatic N) is 1. The highest BCUT2D eigenvalue weighted by Gasteiger charge is 2.18. The maximum atomic E-state index is 12.5. The molecule has 0 radical (unpaired) electrons. The molecule has 0 heterocycles. The molecule has 1 unspecified atom stereocenters. The van der Waals surface area contributed by atoms with Gasteiger partial charge in [0.05, 0.1) is 0 Å². The number of amides is 1. The highest BCUT2D eigenvalue weighted by atomic mass is 16.1. The van der Waals surface area contributed by atoms with E-state index in [1.165, 1.54) is 0 Å². The molecule has 0 aliphatic carbocycles. The predicted molar refractivity (Wildman–Crippen MR) is 89.6 cm³/mol. The Morgan fingerprint density at radius 1 is 1.24 bits per heavy atom. The molecule has 0 aliphatic heterocycles. The van der Waals surface area contributed by atoms with Gasteiger partial charge in [-0.3, -0.25) is 4.79 Å². The molecular weight excluding hydrogens is 262 g/mol. The van der Waals surface area contributed by atoms with Crippen molar-refractivity contribution >= 4 is 11.6 Å². The van der Waals surface area contributed by atoms with E-state index in [1.54, 1.807) is 6.07 Å². The van der Waals surface area contributed by atoms with E-state index in [1.807, 2.05) is 34.0 Å². The minimum atomic E-state index is -0.0355. The minimum Gasteiger partial charge on any atom is -0.398 e. The topological polar surface area (TPSA) is 58.4 Å². The number of nitrogens with two attached hydrogens (primary N) is 1. The van der Waals surface area contributed by atoms with E-state index in [4.69, 9.17) is 5.73 Å². The van der Waals surface area contributed by atoms with E-state index < -0.39 is 0 Å². The average Bonchev–Trinajstić information content (AvgIpc) is 2.31. The van der Waals surface area contributed by atoms with Gasteiger partial charge in [-0.2, -0.15) is 0 Å². The number of benzene rings is 1. The van der Waals surface area contributed by atoms with Gasteiger partial charge in [-0.25, -0.2) is 0 Å². The van der Waals surface area contributed by atoms with Crippen LogP contribution >= 0.6 is 0 Å². The molecule has 21 heavy (non-hydrogen) atoms. The van der Waals surface area contributed by atoms with Crippen molar-refractivity contribution in [1.29, 1.82) is 0 Å². The van der Waals surface area contributed by atoms with Crippen LogP contribution in [0, 0.1) is 19.8 Å². The Bertz CT molecular complexity index is 485. The van der Waals surface area contributed by atoms with Gasteiger partial charge >= 0.3 is 0 Å². The summed E-state index contributed by atoms with van der Waals surface area (Å²) in [6, 6.07) is 3.89. The first-order valence-electron chi connectivity index (χ1n) is 7.53. The first kappa shape index (κ1) is 17.5. The van der Waals surface area contributed by atoms with Crippen LogP contribution in [0.25, 0.3) is 0 Å². The molecule has 3 N–H and O–H groups in total. The molecule has 1 aromatic rings. The Balaban J connectivity index is 2.88. The summed E-state index contributed by atoms with van der Waals surface area (Å²) < 4.78 is 0. The van der Waals surface area contributed by atoms with E-state index >= 15 is 0 Å². The number of nitrogen functional groups attached to an aromatic ring is 1. The van der Waals surface area contributed by atoms with Gasteiger partial charge < -0.3 is 16.0 Å². The highest BCUT2D eigenvalue weighted by molar-refractivity contribution is 5.96. The van der Waals surface area contributed by atoms with Crippen LogP contribution in [0.4, 0.5) is 5.69 Å².